The molecule has 2 aromatic heterocycles. The van der Waals surface area contributed by atoms with Gasteiger partial charge in [-0.25, -0.2) is 4.98 Å². The zero-order valence-electron chi connectivity index (χ0n) is 13.9. The number of pyridine rings is 1. The van der Waals surface area contributed by atoms with E-state index in [-0.39, 0.29) is 0 Å². The Hall–Kier alpha value is -2.61. The van der Waals surface area contributed by atoms with Gasteiger partial charge in [0.05, 0.1) is 30.9 Å². The fraction of sp³-hybridized carbons (Fsp3) is 0.294. The van der Waals surface area contributed by atoms with Crippen LogP contribution in [-0.4, -0.2) is 42.4 Å². The quantitative estimate of drug-likeness (QED) is 0.702. The predicted octanol–water partition coefficient (Wildman–Crippen LogP) is 3.04. The summed E-state index contributed by atoms with van der Waals surface area (Å²) in [7, 11) is 3.22. The molecule has 130 valence electrons. The van der Waals surface area contributed by atoms with E-state index in [0.717, 1.165) is 33.4 Å². The van der Waals surface area contributed by atoms with Crippen LogP contribution in [0.15, 0.2) is 29.6 Å². The zero-order chi connectivity index (χ0) is 17.2. The Morgan fingerprint density at radius 2 is 1.96 bits per heavy atom. The van der Waals surface area contributed by atoms with Gasteiger partial charge in [-0.2, -0.15) is 0 Å². The summed E-state index contributed by atoms with van der Waals surface area (Å²) < 4.78 is 21.9. The first-order valence-electron chi connectivity index (χ1n) is 7.76. The monoisotopic (exact) mass is 359 g/mol. The molecule has 0 saturated heterocycles. The van der Waals surface area contributed by atoms with Crippen molar-refractivity contribution in [2.24, 2.45) is 0 Å². The minimum Gasteiger partial charge on any atom is -0.493 e. The molecule has 25 heavy (non-hydrogen) atoms. The van der Waals surface area contributed by atoms with E-state index in [9.17, 15) is 0 Å². The second-order valence-corrected chi connectivity index (χ2v) is 6.30. The highest BCUT2D eigenvalue weighted by atomic mass is 32.2. The van der Waals surface area contributed by atoms with Gasteiger partial charge in [-0.3, -0.25) is 4.98 Å². The molecule has 0 radical (unpaired) electrons. The van der Waals surface area contributed by atoms with Crippen molar-refractivity contribution in [3.05, 3.63) is 30.1 Å². The Bertz CT molecular complexity index is 869. The third-order valence-electron chi connectivity index (χ3n) is 3.84. The van der Waals surface area contributed by atoms with Gasteiger partial charge >= 0.3 is 0 Å². The Morgan fingerprint density at radius 3 is 2.72 bits per heavy atom. The van der Waals surface area contributed by atoms with Crippen molar-refractivity contribution < 1.29 is 18.9 Å². The molecule has 0 aliphatic carbocycles. The maximum atomic E-state index is 5.61. The van der Waals surface area contributed by atoms with Crippen LogP contribution in [0, 0.1) is 0 Å². The Balaban J connectivity index is 1.57. The highest BCUT2D eigenvalue weighted by molar-refractivity contribution is 7.98. The van der Waals surface area contributed by atoms with Gasteiger partial charge < -0.3 is 23.9 Å². The number of nitrogens with one attached hydrogen (secondary N) is 1. The molecule has 3 aromatic rings. The Kier molecular flexibility index (Phi) is 4.27. The van der Waals surface area contributed by atoms with E-state index in [1.807, 2.05) is 12.1 Å². The molecular weight excluding hydrogens is 342 g/mol. The van der Waals surface area contributed by atoms with Crippen LogP contribution in [-0.2, 0) is 5.75 Å². The van der Waals surface area contributed by atoms with Crippen LogP contribution in [0.1, 0.15) is 5.69 Å². The van der Waals surface area contributed by atoms with Crippen molar-refractivity contribution in [2.45, 2.75) is 10.9 Å². The van der Waals surface area contributed by atoms with Gasteiger partial charge in [0, 0.05) is 30.1 Å². The molecule has 1 N–H and O–H groups in total. The van der Waals surface area contributed by atoms with Crippen LogP contribution in [0.5, 0.6) is 23.0 Å². The number of fused-ring (bicyclic) bond motifs is 2. The van der Waals surface area contributed by atoms with Gasteiger partial charge in [0.2, 0.25) is 0 Å². The van der Waals surface area contributed by atoms with Crippen molar-refractivity contribution in [3.63, 3.8) is 0 Å². The lowest BCUT2D eigenvalue weighted by Gasteiger charge is -2.17. The van der Waals surface area contributed by atoms with E-state index < -0.39 is 0 Å². The molecule has 3 heterocycles. The number of ether oxygens (including phenoxy) is 4. The lowest BCUT2D eigenvalue weighted by Crippen LogP contribution is -2.15. The first kappa shape index (κ1) is 15.9. The molecule has 4 rings (SSSR count). The summed E-state index contributed by atoms with van der Waals surface area (Å²) in [5.74, 6) is 3.39. The summed E-state index contributed by atoms with van der Waals surface area (Å²) in [6.45, 7) is 1.13. The minimum absolute atomic E-state index is 0.561. The molecule has 0 spiro atoms. The van der Waals surface area contributed by atoms with E-state index in [1.54, 1.807) is 38.2 Å². The van der Waals surface area contributed by atoms with Crippen molar-refractivity contribution in [2.75, 3.05) is 27.4 Å². The van der Waals surface area contributed by atoms with E-state index in [0.29, 0.717) is 30.5 Å². The molecule has 0 saturated carbocycles. The number of thioether (sulfide) groups is 1. The lowest BCUT2D eigenvalue weighted by molar-refractivity contribution is 0.172. The molecule has 1 aliphatic heterocycles. The molecule has 8 heteroatoms. The number of benzene rings is 1. The number of hydrogen-bond acceptors (Lipinski definition) is 7. The summed E-state index contributed by atoms with van der Waals surface area (Å²) in [5, 5.41) is 0.795. The fourth-order valence-electron chi connectivity index (χ4n) is 2.68. The third-order valence-corrected chi connectivity index (χ3v) is 4.72. The van der Waals surface area contributed by atoms with E-state index in [4.69, 9.17) is 18.9 Å². The van der Waals surface area contributed by atoms with Crippen molar-refractivity contribution in [3.8, 4) is 23.0 Å². The van der Waals surface area contributed by atoms with Crippen LogP contribution in [0.4, 0.5) is 0 Å². The largest absolute Gasteiger partial charge is 0.493 e. The summed E-state index contributed by atoms with van der Waals surface area (Å²) in [6, 6.07) is 5.60. The normalized spacial score (nSPS) is 13.0. The van der Waals surface area contributed by atoms with Crippen molar-refractivity contribution in [1.82, 2.24) is 15.0 Å². The van der Waals surface area contributed by atoms with Crippen LogP contribution in [0.2, 0.25) is 0 Å². The van der Waals surface area contributed by atoms with Gasteiger partial charge in [-0.15, -0.1) is 0 Å². The maximum Gasteiger partial charge on any atom is 0.183 e. The molecule has 0 bridgehead atoms. The minimum atomic E-state index is 0.561. The standard InChI is InChI=1S/C17H17N3O4S/c1-21-13-3-4-18-12(16(13)22-2)9-25-17-19-10-7-14-15(8-11(10)20-17)24-6-5-23-14/h3-4,7-8H,5-6,9H2,1-2H3,(H,19,20). The van der Waals surface area contributed by atoms with Gasteiger partial charge in [0.15, 0.2) is 28.2 Å². The number of methoxy groups -OCH3 is 2. The molecule has 0 fully saturated rings. The molecule has 1 aliphatic rings. The van der Waals surface area contributed by atoms with Gasteiger partial charge in [0.25, 0.3) is 0 Å². The number of aromatic nitrogens is 3. The second kappa shape index (κ2) is 6.72. The number of H-pyrrole nitrogens is 1. The Labute approximate surface area is 148 Å². The maximum absolute atomic E-state index is 5.61. The lowest BCUT2D eigenvalue weighted by atomic mass is 10.2. The smallest absolute Gasteiger partial charge is 0.183 e. The number of nitrogens with zero attached hydrogens (tertiary/aromatic N) is 2. The highest BCUT2D eigenvalue weighted by Crippen LogP contribution is 2.36. The molecule has 7 nitrogen and oxygen atoms in total. The average molecular weight is 359 g/mol. The number of rotatable bonds is 5. The van der Waals surface area contributed by atoms with E-state index in [2.05, 4.69) is 15.0 Å². The van der Waals surface area contributed by atoms with Gasteiger partial charge in [-0.1, -0.05) is 11.8 Å². The van der Waals surface area contributed by atoms with E-state index in [1.165, 1.54) is 0 Å². The zero-order valence-corrected chi connectivity index (χ0v) is 14.7. The summed E-state index contributed by atoms with van der Waals surface area (Å²) >= 11 is 1.54. The molecule has 0 atom stereocenters. The average Bonchev–Trinajstić information content (AvgIpc) is 3.05. The summed E-state index contributed by atoms with van der Waals surface area (Å²) in [5.41, 5.74) is 2.56. The van der Waals surface area contributed by atoms with Crippen LogP contribution < -0.4 is 18.9 Å². The molecule has 1 aromatic carbocycles. The first-order valence-corrected chi connectivity index (χ1v) is 8.75. The molecule has 0 unspecified atom stereocenters. The van der Waals surface area contributed by atoms with Crippen LogP contribution >= 0.6 is 11.8 Å². The second-order valence-electron chi connectivity index (χ2n) is 5.34. The molecule has 0 amide bonds. The van der Waals surface area contributed by atoms with Gasteiger partial charge in [-0.05, 0) is 0 Å². The van der Waals surface area contributed by atoms with Crippen LogP contribution in [0.25, 0.3) is 11.0 Å². The Morgan fingerprint density at radius 1 is 1.16 bits per heavy atom. The van der Waals surface area contributed by atoms with Gasteiger partial charge in [0.1, 0.15) is 13.2 Å². The summed E-state index contributed by atoms with van der Waals surface area (Å²) in [4.78, 5) is 12.3. The first-order chi connectivity index (χ1) is 12.3. The van der Waals surface area contributed by atoms with Crippen molar-refractivity contribution in [1.29, 1.82) is 0 Å². The highest BCUT2D eigenvalue weighted by Gasteiger charge is 2.16. The van der Waals surface area contributed by atoms with Crippen LogP contribution in [0.3, 0.4) is 0 Å². The summed E-state index contributed by atoms with van der Waals surface area (Å²) in [6.07, 6.45) is 1.71. The van der Waals surface area contributed by atoms with Crippen molar-refractivity contribution >= 4 is 22.8 Å². The fourth-order valence-corrected chi connectivity index (χ4v) is 3.51. The number of aromatic amines is 1. The number of imidazole rings is 1. The number of hydrogen-bond donors (Lipinski definition) is 1. The molecular formula is C17H17N3O4S. The topological polar surface area (TPSA) is 78.5 Å². The van der Waals surface area contributed by atoms with E-state index >= 15 is 0 Å². The third kappa shape index (κ3) is 3.05. The SMILES string of the molecule is COc1ccnc(CSc2nc3cc4c(cc3[nH]2)OCCO4)c1OC. The predicted molar refractivity (Wildman–Crippen MR) is 94.0 cm³/mol.